The molecule has 140 valence electrons. The molecule has 3 aromatic carbocycles. The van der Waals surface area contributed by atoms with Crippen molar-refractivity contribution in [2.45, 2.75) is 0 Å². The van der Waals surface area contributed by atoms with Gasteiger partial charge in [0.05, 0.1) is 0 Å². The lowest BCUT2D eigenvalue weighted by molar-refractivity contribution is 0.475. The summed E-state index contributed by atoms with van der Waals surface area (Å²) in [7, 11) is 0. The number of aromatic amines is 1. The average molecular weight is 380 g/mol. The van der Waals surface area contributed by atoms with Crippen molar-refractivity contribution in [3.63, 3.8) is 0 Å². The summed E-state index contributed by atoms with van der Waals surface area (Å²) in [5.41, 5.74) is 5.64. The van der Waals surface area contributed by atoms with Crippen molar-refractivity contribution < 1.29 is 9.50 Å². The van der Waals surface area contributed by atoms with E-state index in [2.05, 4.69) is 22.6 Å². The number of pyridine rings is 1. The number of halogens is 1. The second kappa shape index (κ2) is 6.60. The van der Waals surface area contributed by atoms with E-state index in [0.717, 1.165) is 38.6 Å². The topological polar surface area (TPSA) is 48.9 Å². The predicted molar refractivity (Wildman–Crippen MR) is 115 cm³/mol. The molecule has 0 saturated heterocycles. The fourth-order valence-electron chi connectivity index (χ4n) is 3.63. The molecule has 3 nitrogen and oxygen atoms in total. The van der Waals surface area contributed by atoms with Crippen molar-refractivity contribution in [3.8, 4) is 16.9 Å². The number of hydrogen-bond acceptors (Lipinski definition) is 2. The first-order valence-corrected chi connectivity index (χ1v) is 9.25. The van der Waals surface area contributed by atoms with Gasteiger partial charge in [-0.3, -0.25) is 0 Å². The summed E-state index contributed by atoms with van der Waals surface area (Å²) >= 11 is 0. The Balaban J connectivity index is 1.65. The molecule has 2 heterocycles. The number of phenolic OH excluding ortho intramolecular Hbond substituents is 1. The van der Waals surface area contributed by atoms with Crippen molar-refractivity contribution in [2.24, 2.45) is 0 Å². The Hall–Kier alpha value is -3.92. The van der Waals surface area contributed by atoms with E-state index in [-0.39, 0.29) is 11.6 Å². The standard InChI is InChI=1S/C25H17FN2O/c1-15(20-4-2-3-5-23(20)26)18-13-22-21-12-17(16-6-9-19(29)10-7-16)8-11-24(21)28-25(22)27-14-18/h2-14,29H,1H2,(H,27,28). The summed E-state index contributed by atoms with van der Waals surface area (Å²) in [5.74, 6) is -0.0615. The Kier molecular flexibility index (Phi) is 3.91. The van der Waals surface area contributed by atoms with Gasteiger partial charge in [-0.05, 0) is 53.1 Å². The SMILES string of the molecule is C=C(c1cnc2[nH]c3ccc(-c4ccc(O)cc4)cc3c2c1)c1ccccc1F. The van der Waals surface area contributed by atoms with E-state index >= 15 is 0 Å². The highest BCUT2D eigenvalue weighted by Crippen LogP contribution is 2.32. The number of hydrogen-bond donors (Lipinski definition) is 2. The van der Waals surface area contributed by atoms with Crippen LogP contribution >= 0.6 is 0 Å². The molecule has 0 radical (unpaired) electrons. The normalized spacial score (nSPS) is 11.2. The van der Waals surface area contributed by atoms with E-state index in [9.17, 15) is 9.50 Å². The minimum absolute atomic E-state index is 0.238. The van der Waals surface area contributed by atoms with Gasteiger partial charge in [0.25, 0.3) is 0 Å². The molecular formula is C25H17FN2O. The van der Waals surface area contributed by atoms with Crippen molar-refractivity contribution in [1.82, 2.24) is 9.97 Å². The third-order valence-corrected chi connectivity index (χ3v) is 5.20. The quantitative estimate of drug-likeness (QED) is 0.386. The number of rotatable bonds is 3. The van der Waals surface area contributed by atoms with Gasteiger partial charge in [-0.25, -0.2) is 9.37 Å². The molecule has 0 aliphatic rings. The number of phenols is 1. The first-order valence-electron chi connectivity index (χ1n) is 9.25. The predicted octanol–water partition coefficient (Wildman–Crippen LogP) is 6.29. The zero-order chi connectivity index (χ0) is 20.0. The van der Waals surface area contributed by atoms with Crippen molar-refractivity contribution in [2.75, 3.05) is 0 Å². The fourth-order valence-corrected chi connectivity index (χ4v) is 3.63. The summed E-state index contributed by atoms with van der Waals surface area (Å²) in [5, 5.41) is 11.5. The largest absolute Gasteiger partial charge is 0.508 e. The molecule has 5 rings (SSSR count). The molecule has 4 heteroatoms. The fraction of sp³-hybridized carbons (Fsp3) is 0. The van der Waals surface area contributed by atoms with Gasteiger partial charge < -0.3 is 10.1 Å². The maximum Gasteiger partial charge on any atom is 0.138 e. The lowest BCUT2D eigenvalue weighted by atomic mass is 9.98. The van der Waals surface area contributed by atoms with Crippen LogP contribution in [0.25, 0.3) is 38.6 Å². The number of fused-ring (bicyclic) bond motifs is 3. The molecular weight excluding hydrogens is 363 g/mol. The maximum atomic E-state index is 14.2. The van der Waals surface area contributed by atoms with Gasteiger partial charge >= 0.3 is 0 Å². The molecule has 29 heavy (non-hydrogen) atoms. The molecule has 0 amide bonds. The number of aromatic hydroxyl groups is 1. The molecule has 0 spiro atoms. The number of aromatic nitrogens is 2. The van der Waals surface area contributed by atoms with E-state index in [1.807, 2.05) is 30.3 Å². The molecule has 5 aromatic rings. The molecule has 0 unspecified atom stereocenters. The molecule has 0 saturated carbocycles. The van der Waals surface area contributed by atoms with Gasteiger partial charge in [-0.2, -0.15) is 0 Å². The van der Waals surface area contributed by atoms with Crippen LogP contribution in [0.1, 0.15) is 11.1 Å². The van der Waals surface area contributed by atoms with Gasteiger partial charge in [0.15, 0.2) is 0 Å². The maximum absolute atomic E-state index is 14.2. The van der Waals surface area contributed by atoms with Crippen LogP contribution in [-0.2, 0) is 0 Å². The lowest BCUT2D eigenvalue weighted by Gasteiger charge is -2.07. The van der Waals surface area contributed by atoms with Crippen LogP contribution in [0.2, 0.25) is 0 Å². The van der Waals surface area contributed by atoms with Crippen LogP contribution in [0, 0.1) is 5.82 Å². The molecule has 0 bridgehead atoms. The molecule has 2 N–H and O–H groups in total. The average Bonchev–Trinajstić information content (AvgIpc) is 3.11. The molecule has 0 fully saturated rings. The smallest absolute Gasteiger partial charge is 0.138 e. The monoisotopic (exact) mass is 380 g/mol. The number of nitrogens with zero attached hydrogens (tertiary/aromatic N) is 1. The minimum atomic E-state index is -0.300. The third-order valence-electron chi connectivity index (χ3n) is 5.20. The molecule has 2 aromatic heterocycles. The summed E-state index contributed by atoms with van der Waals surface area (Å²) in [6, 6.07) is 21.9. The second-order valence-electron chi connectivity index (χ2n) is 7.01. The van der Waals surface area contributed by atoms with Crippen molar-refractivity contribution >= 4 is 27.5 Å². The van der Waals surface area contributed by atoms with Gasteiger partial charge in [-0.1, -0.05) is 43.0 Å². The third kappa shape index (κ3) is 2.95. The van der Waals surface area contributed by atoms with Crippen LogP contribution in [-0.4, -0.2) is 15.1 Å². The van der Waals surface area contributed by atoms with E-state index in [1.54, 1.807) is 36.5 Å². The Morgan fingerprint density at radius 2 is 1.66 bits per heavy atom. The van der Waals surface area contributed by atoms with Crippen molar-refractivity contribution in [1.29, 1.82) is 0 Å². The van der Waals surface area contributed by atoms with Gasteiger partial charge in [0.2, 0.25) is 0 Å². The summed E-state index contributed by atoms with van der Waals surface area (Å²) in [6.45, 7) is 4.09. The summed E-state index contributed by atoms with van der Waals surface area (Å²) in [4.78, 5) is 7.86. The van der Waals surface area contributed by atoms with Gasteiger partial charge in [0.1, 0.15) is 17.2 Å². The highest BCUT2D eigenvalue weighted by Gasteiger charge is 2.12. The highest BCUT2D eigenvalue weighted by molar-refractivity contribution is 6.08. The highest BCUT2D eigenvalue weighted by atomic mass is 19.1. The van der Waals surface area contributed by atoms with Gasteiger partial charge in [0, 0.05) is 33.6 Å². The Bertz CT molecular complexity index is 1380. The van der Waals surface area contributed by atoms with E-state index in [1.165, 1.54) is 6.07 Å². The zero-order valence-corrected chi connectivity index (χ0v) is 15.5. The Morgan fingerprint density at radius 3 is 2.45 bits per heavy atom. The lowest BCUT2D eigenvalue weighted by Crippen LogP contribution is -1.91. The van der Waals surface area contributed by atoms with Crippen LogP contribution in [0.5, 0.6) is 5.75 Å². The Morgan fingerprint density at radius 1 is 0.897 bits per heavy atom. The van der Waals surface area contributed by atoms with Gasteiger partial charge in [-0.15, -0.1) is 0 Å². The Labute approximate surface area is 166 Å². The second-order valence-corrected chi connectivity index (χ2v) is 7.01. The minimum Gasteiger partial charge on any atom is -0.508 e. The van der Waals surface area contributed by atoms with Crippen LogP contribution in [0.4, 0.5) is 4.39 Å². The van der Waals surface area contributed by atoms with Crippen LogP contribution in [0.15, 0.2) is 85.6 Å². The number of benzene rings is 3. The first kappa shape index (κ1) is 17.2. The number of nitrogens with one attached hydrogen (secondary N) is 1. The van der Waals surface area contributed by atoms with Crippen LogP contribution < -0.4 is 0 Å². The number of H-pyrrole nitrogens is 1. The van der Waals surface area contributed by atoms with Crippen molar-refractivity contribution in [3.05, 3.63) is 103 Å². The van der Waals surface area contributed by atoms with E-state index < -0.39 is 0 Å². The molecule has 0 aliphatic carbocycles. The first-order chi connectivity index (χ1) is 14.1. The summed E-state index contributed by atoms with van der Waals surface area (Å²) in [6.07, 6.45) is 1.72. The molecule has 0 aliphatic heterocycles. The van der Waals surface area contributed by atoms with E-state index in [0.29, 0.717) is 11.1 Å². The van der Waals surface area contributed by atoms with E-state index in [4.69, 9.17) is 0 Å². The summed E-state index contributed by atoms with van der Waals surface area (Å²) < 4.78 is 14.2. The van der Waals surface area contributed by atoms with Crippen LogP contribution in [0.3, 0.4) is 0 Å². The molecule has 0 atom stereocenters. The zero-order valence-electron chi connectivity index (χ0n) is 15.5.